The number of thiophene rings is 1. The van der Waals surface area contributed by atoms with Gasteiger partial charge in [0.25, 0.3) is 0 Å². The van der Waals surface area contributed by atoms with Crippen LogP contribution in [0.3, 0.4) is 0 Å². The maximum Gasteiger partial charge on any atom is 0.348 e. The van der Waals surface area contributed by atoms with Gasteiger partial charge in [-0.15, -0.1) is 11.3 Å². The van der Waals surface area contributed by atoms with Crippen LogP contribution in [0.15, 0.2) is 5.38 Å². The van der Waals surface area contributed by atoms with Crippen LogP contribution in [-0.2, 0) is 14.8 Å². The predicted octanol–water partition coefficient (Wildman–Crippen LogP) is 1.21. The van der Waals surface area contributed by atoms with E-state index in [0.717, 1.165) is 17.6 Å². The number of nitrogens with one attached hydrogen (secondary N) is 1. The van der Waals surface area contributed by atoms with Gasteiger partial charge in [0.1, 0.15) is 4.88 Å². The fourth-order valence-corrected chi connectivity index (χ4v) is 2.63. The van der Waals surface area contributed by atoms with Crippen molar-refractivity contribution in [2.24, 2.45) is 0 Å². The first-order valence-electron chi connectivity index (χ1n) is 3.99. The summed E-state index contributed by atoms with van der Waals surface area (Å²) in [7, 11) is -2.03. The Balaban J connectivity index is 3.05. The average Bonchev–Trinajstić information content (AvgIpc) is 2.45. The van der Waals surface area contributed by atoms with Gasteiger partial charge in [0.15, 0.2) is 0 Å². The van der Waals surface area contributed by atoms with Crippen molar-refractivity contribution in [1.82, 2.24) is 0 Å². The summed E-state index contributed by atoms with van der Waals surface area (Å²) in [4.78, 5) is 11.6. The average molecular weight is 249 g/mol. The number of carbonyl (C=O) groups is 1. The molecule has 0 bridgehead atoms. The Morgan fingerprint density at radius 2 is 2.13 bits per heavy atom. The zero-order chi connectivity index (χ0) is 11.6. The Kier molecular flexibility index (Phi) is 3.35. The second-order valence-electron chi connectivity index (χ2n) is 2.97. The van der Waals surface area contributed by atoms with Gasteiger partial charge in [0, 0.05) is 5.38 Å². The maximum absolute atomic E-state index is 11.2. The van der Waals surface area contributed by atoms with Gasteiger partial charge in [0.2, 0.25) is 10.0 Å². The number of carbonyl (C=O) groups excluding carboxylic acids is 1. The van der Waals surface area contributed by atoms with Crippen molar-refractivity contribution in [3.05, 3.63) is 15.8 Å². The van der Waals surface area contributed by atoms with Crippen LogP contribution in [-0.4, -0.2) is 27.8 Å². The Bertz CT molecular complexity index is 475. The number of rotatable bonds is 3. The van der Waals surface area contributed by atoms with Crippen molar-refractivity contribution in [1.29, 1.82) is 0 Å². The SMILES string of the molecule is COC(=O)c1scc(NS(C)(=O)=O)c1C. The van der Waals surface area contributed by atoms with Gasteiger partial charge in [-0.1, -0.05) is 0 Å². The Hall–Kier alpha value is -1.08. The van der Waals surface area contributed by atoms with Gasteiger partial charge in [-0.2, -0.15) is 0 Å². The molecule has 0 aliphatic carbocycles. The van der Waals surface area contributed by atoms with Crippen LogP contribution in [0.4, 0.5) is 5.69 Å². The monoisotopic (exact) mass is 249 g/mol. The molecule has 1 N–H and O–H groups in total. The second kappa shape index (κ2) is 4.19. The highest BCUT2D eigenvalue weighted by Gasteiger charge is 2.16. The van der Waals surface area contributed by atoms with Gasteiger partial charge >= 0.3 is 5.97 Å². The molecule has 0 fully saturated rings. The quantitative estimate of drug-likeness (QED) is 0.817. The van der Waals surface area contributed by atoms with Crippen LogP contribution in [0.25, 0.3) is 0 Å². The third-order valence-corrected chi connectivity index (χ3v) is 3.36. The fraction of sp³-hybridized carbons (Fsp3) is 0.375. The van der Waals surface area contributed by atoms with E-state index in [1.54, 1.807) is 12.3 Å². The summed E-state index contributed by atoms with van der Waals surface area (Å²) in [5.74, 6) is -0.459. The van der Waals surface area contributed by atoms with E-state index >= 15 is 0 Å². The standard InChI is InChI=1S/C8H11NO4S2/c1-5-6(9-15(3,11)12)4-14-7(5)8(10)13-2/h4,9H,1-3H3. The summed E-state index contributed by atoms with van der Waals surface area (Å²) >= 11 is 1.15. The number of hydrogen-bond acceptors (Lipinski definition) is 5. The van der Waals surface area contributed by atoms with E-state index in [1.165, 1.54) is 7.11 Å². The second-order valence-corrected chi connectivity index (χ2v) is 5.60. The van der Waals surface area contributed by atoms with Crippen LogP contribution in [0.1, 0.15) is 15.2 Å². The number of anilines is 1. The maximum atomic E-state index is 11.2. The van der Waals surface area contributed by atoms with E-state index < -0.39 is 16.0 Å². The minimum Gasteiger partial charge on any atom is -0.465 e. The van der Waals surface area contributed by atoms with E-state index in [-0.39, 0.29) is 0 Å². The van der Waals surface area contributed by atoms with Gasteiger partial charge in [0.05, 0.1) is 19.1 Å². The lowest BCUT2D eigenvalue weighted by Gasteiger charge is -2.02. The number of methoxy groups -OCH3 is 1. The Morgan fingerprint density at radius 1 is 1.53 bits per heavy atom. The van der Waals surface area contributed by atoms with Crippen LogP contribution >= 0.6 is 11.3 Å². The molecule has 0 aromatic carbocycles. The molecule has 84 valence electrons. The lowest BCUT2D eigenvalue weighted by molar-refractivity contribution is 0.0605. The molecule has 1 rings (SSSR count). The number of esters is 1. The van der Waals surface area contributed by atoms with Crippen molar-refractivity contribution in [2.75, 3.05) is 18.1 Å². The summed E-state index contributed by atoms with van der Waals surface area (Å²) in [6, 6.07) is 0. The summed E-state index contributed by atoms with van der Waals surface area (Å²) in [5.41, 5.74) is 1.00. The van der Waals surface area contributed by atoms with Gasteiger partial charge in [-0.25, -0.2) is 13.2 Å². The lowest BCUT2D eigenvalue weighted by Crippen LogP contribution is -2.10. The highest BCUT2D eigenvalue weighted by Crippen LogP contribution is 2.27. The normalized spacial score (nSPS) is 11.1. The number of ether oxygens (including phenoxy) is 1. The molecule has 0 unspecified atom stereocenters. The zero-order valence-corrected chi connectivity index (χ0v) is 10.2. The highest BCUT2D eigenvalue weighted by molar-refractivity contribution is 7.92. The third-order valence-electron chi connectivity index (χ3n) is 1.71. The van der Waals surface area contributed by atoms with Crippen LogP contribution < -0.4 is 4.72 Å². The summed E-state index contributed by atoms with van der Waals surface area (Å²) in [5, 5.41) is 1.57. The number of sulfonamides is 1. The van der Waals surface area contributed by atoms with Crippen LogP contribution in [0, 0.1) is 6.92 Å². The molecule has 1 heterocycles. The van der Waals surface area contributed by atoms with Crippen LogP contribution in [0.5, 0.6) is 0 Å². The first-order valence-corrected chi connectivity index (χ1v) is 6.76. The first-order chi connectivity index (χ1) is 6.85. The van der Waals surface area contributed by atoms with Gasteiger partial charge in [-0.05, 0) is 12.5 Å². The van der Waals surface area contributed by atoms with Crippen molar-refractivity contribution in [3.63, 3.8) is 0 Å². The van der Waals surface area contributed by atoms with E-state index in [1.807, 2.05) is 0 Å². The minimum absolute atomic E-state index is 0.406. The summed E-state index contributed by atoms with van der Waals surface area (Å²) in [6.07, 6.45) is 1.06. The van der Waals surface area contributed by atoms with E-state index in [9.17, 15) is 13.2 Å². The van der Waals surface area contributed by atoms with Gasteiger partial charge in [-0.3, -0.25) is 4.72 Å². The molecule has 5 nitrogen and oxygen atoms in total. The molecule has 7 heteroatoms. The molecule has 0 radical (unpaired) electrons. The minimum atomic E-state index is -3.31. The Labute approximate surface area is 92.1 Å². The molecule has 0 saturated carbocycles. The van der Waals surface area contributed by atoms with Crippen molar-refractivity contribution in [2.45, 2.75) is 6.92 Å². The van der Waals surface area contributed by atoms with Gasteiger partial charge < -0.3 is 4.74 Å². The van der Waals surface area contributed by atoms with Crippen molar-refractivity contribution >= 4 is 33.0 Å². The smallest absolute Gasteiger partial charge is 0.348 e. The lowest BCUT2D eigenvalue weighted by atomic mass is 10.2. The molecule has 1 aromatic heterocycles. The Morgan fingerprint density at radius 3 is 2.60 bits per heavy atom. The molecule has 0 saturated heterocycles. The third kappa shape index (κ3) is 2.93. The molecule has 15 heavy (non-hydrogen) atoms. The highest BCUT2D eigenvalue weighted by atomic mass is 32.2. The predicted molar refractivity (Wildman–Crippen MR) is 58.9 cm³/mol. The molecule has 0 spiro atoms. The summed E-state index contributed by atoms with van der Waals surface area (Å²) < 4.78 is 28.8. The molecular weight excluding hydrogens is 238 g/mol. The summed E-state index contributed by atoms with van der Waals surface area (Å²) in [6.45, 7) is 1.66. The fourth-order valence-electron chi connectivity index (χ4n) is 1.01. The molecule has 0 aliphatic rings. The van der Waals surface area contributed by atoms with Crippen LogP contribution in [0.2, 0.25) is 0 Å². The van der Waals surface area contributed by atoms with E-state index in [0.29, 0.717) is 16.1 Å². The first kappa shape index (κ1) is 12.0. The van der Waals surface area contributed by atoms with E-state index in [2.05, 4.69) is 9.46 Å². The topological polar surface area (TPSA) is 72.5 Å². The molecule has 1 aromatic rings. The molecule has 0 atom stereocenters. The van der Waals surface area contributed by atoms with E-state index in [4.69, 9.17) is 0 Å². The number of hydrogen-bond donors (Lipinski definition) is 1. The molecule has 0 amide bonds. The zero-order valence-electron chi connectivity index (χ0n) is 8.53. The molecular formula is C8H11NO4S2. The molecule has 0 aliphatic heterocycles. The van der Waals surface area contributed by atoms with Crippen molar-refractivity contribution < 1.29 is 17.9 Å². The van der Waals surface area contributed by atoms with Crippen molar-refractivity contribution in [3.8, 4) is 0 Å². The largest absolute Gasteiger partial charge is 0.465 e.